The Hall–Kier alpha value is -1.37. The molecule has 0 heterocycles. The fourth-order valence-corrected chi connectivity index (χ4v) is 2.30. The first-order valence-corrected chi connectivity index (χ1v) is 7.55. The highest BCUT2D eigenvalue weighted by atomic mass is 31.1. The Kier molecular flexibility index (Phi) is 4.35. The smallest absolute Gasteiger partial charge is 0.193 e. The molecule has 0 spiro atoms. The van der Waals surface area contributed by atoms with Crippen LogP contribution >= 0.6 is 8.03 Å². The summed E-state index contributed by atoms with van der Waals surface area (Å²) in [6, 6.07) is 16.2. The summed E-state index contributed by atoms with van der Waals surface area (Å²) in [6.45, 7) is 1.99. The van der Waals surface area contributed by atoms with Crippen LogP contribution in [0.5, 0.6) is 0 Å². The molecule has 18 heavy (non-hydrogen) atoms. The van der Waals surface area contributed by atoms with Gasteiger partial charge < -0.3 is 4.89 Å². The lowest BCUT2D eigenvalue weighted by molar-refractivity contribution is 0.502. The molecule has 1 N–H and O–H groups in total. The minimum absolute atomic E-state index is 0.297. The van der Waals surface area contributed by atoms with Crippen LogP contribution in [0.25, 0.3) is 0 Å². The summed E-state index contributed by atoms with van der Waals surface area (Å²) >= 11 is 0. The van der Waals surface area contributed by atoms with Crippen LogP contribution < -0.4 is 0 Å². The van der Waals surface area contributed by atoms with Gasteiger partial charge in [0.25, 0.3) is 0 Å². The van der Waals surface area contributed by atoms with Gasteiger partial charge in [0.15, 0.2) is 8.03 Å². The molecule has 3 rings (SSSR count). The summed E-state index contributed by atoms with van der Waals surface area (Å²) < 4.78 is 10.4. The molecule has 94 valence electrons. The highest BCUT2D eigenvalue weighted by molar-refractivity contribution is 7.37. The van der Waals surface area contributed by atoms with Crippen molar-refractivity contribution in [2.24, 2.45) is 0 Å². The van der Waals surface area contributed by atoms with Crippen molar-refractivity contribution >= 4 is 8.03 Å². The average Bonchev–Trinajstić information content (AvgIpc) is 3.11. The molecule has 0 aliphatic heterocycles. The lowest BCUT2D eigenvalue weighted by Gasteiger charge is -1.97. The van der Waals surface area contributed by atoms with E-state index in [9.17, 15) is 4.57 Å². The first-order valence-electron chi connectivity index (χ1n) is 5.99. The second-order valence-corrected chi connectivity index (χ2v) is 5.64. The maximum Gasteiger partial charge on any atom is 0.193 e. The van der Waals surface area contributed by atoms with Crippen LogP contribution in [-0.4, -0.2) is 4.89 Å². The summed E-state index contributed by atoms with van der Waals surface area (Å²) in [5.41, 5.74) is 5.17. The van der Waals surface area contributed by atoms with Crippen molar-refractivity contribution in [3.63, 3.8) is 0 Å². The van der Waals surface area contributed by atoms with Gasteiger partial charge >= 0.3 is 0 Å². The normalized spacial score (nSPS) is 13.0. The zero-order valence-electron chi connectivity index (χ0n) is 10.4. The standard InChI is InChI=1S/C8H11O2P.C7H6/c1-7-2-4-8(5-3-7)6-11(9)10;1-2-4-7-5-6(7)3-1/h2-5,11H,6H2,1H3,(H,9,10);1-4H,5H2. The maximum absolute atomic E-state index is 10.4. The summed E-state index contributed by atoms with van der Waals surface area (Å²) in [6.07, 6.45) is 1.54. The largest absolute Gasteiger partial charge is 0.346 e. The fourth-order valence-electron chi connectivity index (χ4n) is 1.72. The van der Waals surface area contributed by atoms with Crippen LogP contribution in [0.3, 0.4) is 0 Å². The first kappa shape index (κ1) is 13.1. The number of rotatable bonds is 2. The van der Waals surface area contributed by atoms with Gasteiger partial charge in [0.2, 0.25) is 0 Å². The Bertz CT molecular complexity index is 526. The van der Waals surface area contributed by atoms with Gasteiger partial charge in [0, 0.05) is 6.16 Å². The Morgan fingerprint density at radius 1 is 1.06 bits per heavy atom. The van der Waals surface area contributed by atoms with E-state index in [1.807, 2.05) is 31.2 Å². The van der Waals surface area contributed by atoms with E-state index in [0.29, 0.717) is 6.16 Å². The van der Waals surface area contributed by atoms with Gasteiger partial charge in [-0.25, -0.2) is 0 Å². The molecule has 0 amide bonds. The first-order chi connectivity index (χ1) is 8.65. The van der Waals surface area contributed by atoms with Gasteiger partial charge in [-0.3, -0.25) is 4.57 Å². The number of fused-ring (bicyclic) bond motifs is 1. The molecule has 1 atom stereocenters. The Labute approximate surface area is 108 Å². The monoisotopic (exact) mass is 260 g/mol. The summed E-state index contributed by atoms with van der Waals surface area (Å²) in [7, 11) is -2.35. The maximum atomic E-state index is 10.4. The molecule has 1 aliphatic carbocycles. The Morgan fingerprint density at radius 2 is 1.61 bits per heavy atom. The summed E-state index contributed by atoms with van der Waals surface area (Å²) in [5.74, 6) is 0. The van der Waals surface area contributed by atoms with Crippen LogP contribution in [0.2, 0.25) is 0 Å². The quantitative estimate of drug-likeness (QED) is 0.715. The van der Waals surface area contributed by atoms with E-state index in [2.05, 4.69) is 24.3 Å². The van der Waals surface area contributed by atoms with E-state index in [1.54, 1.807) is 0 Å². The lowest BCUT2D eigenvalue weighted by Crippen LogP contribution is -1.79. The van der Waals surface area contributed by atoms with E-state index in [-0.39, 0.29) is 0 Å². The molecule has 2 aromatic rings. The second kappa shape index (κ2) is 5.99. The predicted octanol–water partition coefficient (Wildman–Crippen LogP) is 3.55. The molecule has 0 saturated heterocycles. The van der Waals surface area contributed by atoms with Crippen molar-refractivity contribution in [2.45, 2.75) is 19.5 Å². The predicted molar refractivity (Wildman–Crippen MR) is 75.4 cm³/mol. The molecule has 3 heteroatoms. The number of hydrogen-bond donors (Lipinski definition) is 1. The van der Waals surface area contributed by atoms with Crippen molar-refractivity contribution in [1.82, 2.24) is 0 Å². The number of aryl methyl sites for hydroxylation is 1. The lowest BCUT2D eigenvalue weighted by atomic mass is 10.2. The Morgan fingerprint density at radius 3 is 2.06 bits per heavy atom. The molecule has 0 saturated carbocycles. The van der Waals surface area contributed by atoms with Gasteiger partial charge in [-0.2, -0.15) is 0 Å². The van der Waals surface area contributed by atoms with Crippen molar-refractivity contribution in [2.75, 3.05) is 0 Å². The van der Waals surface area contributed by atoms with E-state index < -0.39 is 8.03 Å². The summed E-state index contributed by atoms with van der Waals surface area (Å²) in [5, 5.41) is 0. The van der Waals surface area contributed by atoms with Crippen LogP contribution in [0.1, 0.15) is 22.3 Å². The molecule has 2 aromatic carbocycles. The van der Waals surface area contributed by atoms with Gasteiger partial charge in [-0.15, -0.1) is 0 Å². The van der Waals surface area contributed by atoms with E-state index in [0.717, 1.165) is 5.56 Å². The number of benzene rings is 2. The topological polar surface area (TPSA) is 37.3 Å². The zero-order chi connectivity index (χ0) is 13.0. The highest BCUT2D eigenvalue weighted by Crippen LogP contribution is 2.25. The molecule has 2 nitrogen and oxygen atoms in total. The third-order valence-corrected chi connectivity index (χ3v) is 3.56. The fraction of sp³-hybridized carbons (Fsp3) is 0.200. The van der Waals surface area contributed by atoms with Crippen molar-refractivity contribution < 1.29 is 9.46 Å². The van der Waals surface area contributed by atoms with E-state index >= 15 is 0 Å². The molecular formula is C15H17O2P. The van der Waals surface area contributed by atoms with E-state index in [1.165, 1.54) is 23.1 Å². The number of hydrogen-bond acceptors (Lipinski definition) is 1. The Balaban J connectivity index is 0.000000146. The van der Waals surface area contributed by atoms with E-state index in [4.69, 9.17) is 4.89 Å². The van der Waals surface area contributed by atoms with Crippen molar-refractivity contribution in [3.05, 3.63) is 70.8 Å². The average molecular weight is 260 g/mol. The van der Waals surface area contributed by atoms with Gasteiger partial charge in [0.1, 0.15) is 0 Å². The minimum Gasteiger partial charge on any atom is -0.346 e. The van der Waals surface area contributed by atoms with Gasteiger partial charge in [-0.1, -0.05) is 54.1 Å². The molecular weight excluding hydrogens is 243 g/mol. The van der Waals surface area contributed by atoms with Gasteiger partial charge in [0.05, 0.1) is 0 Å². The third-order valence-electron chi connectivity index (χ3n) is 2.85. The van der Waals surface area contributed by atoms with Crippen LogP contribution in [-0.2, 0) is 17.1 Å². The highest BCUT2D eigenvalue weighted by Gasteiger charge is 2.12. The molecule has 1 unspecified atom stereocenters. The van der Waals surface area contributed by atoms with Crippen molar-refractivity contribution in [1.29, 1.82) is 0 Å². The van der Waals surface area contributed by atoms with Crippen LogP contribution in [0.4, 0.5) is 0 Å². The molecule has 0 fully saturated rings. The molecule has 1 aliphatic rings. The van der Waals surface area contributed by atoms with Gasteiger partial charge in [-0.05, 0) is 30.0 Å². The second-order valence-electron chi connectivity index (χ2n) is 4.50. The zero-order valence-corrected chi connectivity index (χ0v) is 11.4. The summed E-state index contributed by atoms with van der Waals surface area (Å²) in [4.78, 5) is 8.62. The van der Waals surface area contributed by atoms with Crippen LogP contribution in [0, 0.1) is 6.92 Å². The SMILES string of the molecule is Cc1ccc(C[PH](=O)O)cc1.c1ccc2c(c1)C2. The molecule has 0 aromatic heterocycles. The minimum atomic E-state index is -2.35. The van der Waals surface area contributed by atoms with Crippen LogP contribution in [0.15, 0.2) is 48.5 Å². The third kappa shape index (κ3) is 4.14. The molecule has 0 bridgehead atoms. The van der Waals surface area contributed by atoms with Crippen molar-refractivity contribution in [3.8, 4) is 0 Å². The molecule has 0 radical (unpaired) electrons.